The second-order valence-corrected chi connectivity index (χ2v) is 6.68. The van der Waals surface area contributed by atoms with E-state index in [0.717, 1.165) is 17.0 Å². The van der Waals surface area contributed by atoms with Crippen LogP contribution in [0.2, 0.25) is 0 Å². The summed E-state index contributed by atoms with van der Waals surface area (Å²) in [6, 6.07) is 18.9. The van der Waals surface area contributed by atoms with Crippen LogP contribution >= 0.6 is 0 Å². The molecular formula is C28H40. The van der Waals surface area contributed by atoms with Gasteiger partial charge in [-0.25, -0.2) is 0 Å². The summed E-state index contributed by atoms with van der Waals surface area (Å²) in [5, 5.41) is 0. The number of aryl methyl sites for hydroxylation is 1. The summed E-state index contributed by atoms with van der Waals surface area (Å²) in [6.07, 6.45) is 9.61. The monoisotopic (exact) mass is 376 g/mol. The normalized spacial score (nSPS) is 10.2. The van der Waals surface area contributed by atoms with Crippen molar-refractivity contribution in [2.24, 2.45) is 5.92 Å². The Bertz CT molecular complexity index is 653. The van der Waals surface area contributed by atoms with Gasteiger partial charge in [-0.05, 0) is 55.5 Å². The first-order valence-corrected chi connectivity index (χ1v) is 11.0. The topological polar surface area (TPSA) is 0 Å². The summed E-state index contributed by atoms with van der Waals surface area (Å²) >= 11 is 0. The molecule has 0 aliphatic carbocycles. The van der Waals surface area contributed by atoms with Gasteiger partial charge < -0.3 is 0 Å². The molecule has 0 radical (unpaired) electrons. The molecule has 2 aromatic carbocycles. The summed E-state index contributed by atoms with van der Waals surface area (Å²) in [7, 11) is 0. The summed E-state index contributed by atoms with van der Waals surface area (Å²) in [5.74, 6) is 7.36. The van der Waals surface area contributed by atoms with E-state index in [1.54, 1.807) is 6.08 Å². The molecule has 0 saturated carbocycles. The molecule has 0 heteroatoms. The molecule has 2 rings (SSSR count). The van der Waals surface area contributed by atoms with Crippen molar-refractivity contribution in [3.05, 3.63) is 83.9 Å². The van der Waals surface area contributed by atoms with E-state index in [2.05, 4.69) is 56.5 Å². The molecule has 0 nitrogen and oxygen atoms in total. The molecule has 0 aliphatic heterocycles. The maximum Gasteiger partial charge on any atom is 0.0249 e. The van der Waals surface area contributed by atoms with Crippen molar-refractivity contribution < 1.29 is 0 Å². The van der Waals surface area contributed by atoms with E-state index in [4.69, 9.17) is 0 Å². The molecular weight excluding hydrogens is 336 g/mol. The molecule has 2 aromatic rings. The predicted molar refractivity (Wildman–Crippen MR) is 128 cm³/mol. The molecule has 0 saturated heterocycles. The van der Waals surface area contributed by atoms with Crippen molar-refractivity contribution in [2.75, 3.05) is 0 Å². The molecule has 0 aromatic heterocycles. The van der Waals surface area contributed by atoms with Gasteiger partial charge in [0.15, 0.2) is 0 Å². The summed E-state index contributed by atoms with van der Waals surface area (Å²) in [5.41, 5.74) is 3.59. The number of benzene rings is 2. The molecule has 0 spiro atoms. The Labute approximate surface area is 175 Å². The van der Waals surface area contributed by atoms with Gasteiger partial charge in [-0.1, -0.05) is 102 Å². The number of allylic oxidation sites excluding steroid dienone is 1. The minimum Gasteiger partial charge on any atom is -0.103 e. The van der Waals surface area contributed by atoms with E-state index in [0.29, 0.717) is 0 Å². The first-order chi connectivity index (χ1) is 13.7. The highest BCUT2D eigenvalue weighted by molar-refractivity contribution is 5.43. The van der Waals surface area contributed by atoms with Crippen LogP contribution in [0.1, 0.15) is 83.4 Å². The van der Waals surface area contributed by atoms with Crippen molar-refractivity contribution in [1.82, 2.24) is 0 Å². The lowest BCUT2D eigenvalue weighted by Crippen LogP contribution is -1.99. The van der Waals surface area contributed by atoms with Crippen molar-refractivity contribution >= 4 is 0 Å². The van der Waals surface area contributed by atoms with Gasteiger partial charge in [0.25, 0.3) is 0 Å². The summed E-state index contributed by atoms with van der Waals surface area (Å²) in [4.78, 5) is 0. The van der Waals surface area contributed by atoms with E-state index >= 15 is 0 Å². The molecule has 0 aliphatic rings. The highest BCUT2D eigenvalue weighted by Crippen LogP contribution is 2.19. The van der Waals surface area contributed by atoms with Crippen LogP contribution in [-0.2, 0) is 6.42 Å². The molecule has 28 heavy (non-hydrogen) atoms. The molecule has 1 unspecified atom stereocenters. The molecule has 0 heterocycles. The van der Waals surface area contributed by atoms with Crippen LogP contribution in [0.15, 0.2) is 67.3 Å². The SMILES string of the molecule is C=CC.CC.CCCC(CC)CCCc1ccc(C#Cc2ccccc2)cc1. The minimum atomic E-state index is 0.913. The Kier molecular flexibility index (Phi) is 16.7. The summed E-state index contributed by atoms with van der Waals surface area (Å²) < 4.78 is 0. The van der Waals surface area contributed by atoms with Gasteiger partial charge in [-0.3, -0.25) is 0 Å². The average Bonchev–Trinajstić information content (AvgIpc) is 2.75. The summed E-state index contributed by atoms with van der Waals surface area (Å²) in [6.45, 7) is 13.9. The number of rotatable bonds is 7. The van der Waals surface area contributed by atoms with Crippen molar-refractivity contribution in [3.8, 4) is 11.8 Å². The average molecular weight is 377 g/mol. The molecule has 1 atom stereocenters. The molecule has 0 fully saturated rings. The second kappa shape index (κ2) is 18.1. The smallest absolute Gasteiger partial charge is 0.0249 e. The first kappa shape index (κ1) is 25.7. The Balaban J connectivity index is 0.00000133. The van der Waals surface area contributed by atoms with E-state index in [9.17, 15) is 0 Å². The number of hydrogen-bond donors (Lipinski definition) is 0. The van der Waals surface area contributed by atoms with Gasteiger partial charge in [-0.15, -0.1) is 6.58 Å². The largest absolute Gasteiger partial charge is 0.103 e. The van der Waals surface area contributed by atoms with Gasteiger partial charge in [0.1, 0.15) is 0 Å². The van der Waals surface area contributed by atoms with Gasteiger partial charge in [0.05, 0.1) is 0 Å². The fraction of sp³-hybridized carbons (Fsp3) is 0.429. The molecule has 152 valence electrons. The van der Waals surface area contributed by atoms with Gasteiger partial charge >= 0.3 is 0 Å². The molecule has 0 amide bonds. The van der Waals surface area contributed by atoms with Crippen LogP contribution in [0.3, 0.4) is 0 Å². The predicted octanol–water partition coefficient (Wildman–Crippen LogP) is 8.45. The minimum absolute atomic E-state index is 0.913. The van der Waals surface area contributed by atoms with E-state index in [1.807, 2.05) is 51.1 Å². The third-order valence-electron chi connectivity index (χ3n) is 4.43. The Morgan fingerprint density at radius 1 is 0.857 bits per heavy atom. The van der Waals surface area contributed by atoms with Crippen LogP contribution < -0.4 is 0 Å². The highest BCUT2D eigenvalue weighted by Gasteiger charge is 2.04. The van der Waals surface area contributed by atoms with Crippen molar-refractivity contribution in [1.29, 1.82) is 0 Å². The quantitative estimate of drug-likeness (QED) is 0.336. The van der Waals surface area contributed by atoms with E-state index < -0.39 is 0 Å². The zero-order valence-electron chi connectivity index (χ0n) is 18.8. The third-order valence-corrected chi connectivity index (χ3v) is 4.43. The van der Waals surface area contributed by atoms with Gasteiger partial charge in [-0.2, -0.15) is 0 Å². The van der Waals surface area contributed by atoms with Crippen LogP contribution in [0.4, 0.5) is 0 Å². The Morgan fingerprint density at radius 2 is 1.39 bits per heavy atom. The lowest BCUT2D eigenvalue weighted by molar-refractivity contribution is 0.419. The van der Waals surface area contributed by atoms with Crippen molar-refractivity contribution in [2.45, 2.75) is 73.1 Å². The molecule has 0 N–H and O–H groups in total. The maximum absolute atomic E-state index is 3.36. The highest BCUT2D eigenvalue weighted by atomic mass is 14.1. The fourth-order valence-corrected chi connectivity index (χ4v) is 2.98. The van der Waals surface area contributed by atoms with Crippen LogP contribution in [0.25, 0.3) is 0 Å². The fourth-order valence-electron chi connectivity index (χ4n) is 2.98. The van der Waals surface area contributed by atoms with Crippen LogP contribution in [0, 0.1) is 17.8 Å². The Hall–Kier alpha value is -2.26. The lowest BCUT2D eigenvalue weighted by Gasteiger charge is -2.13. The Morgan fingerprint density at radius 3 is 1.89 bits per heavy atom. The standard InChI is InChI=1S/C23H28.C3H6.C2H6/c1-3-9-20(4-2)12-8-13-22-15-18-23(19-16-22)17-14-21-10-6-5-7-11-21;1-3-2;1-2/h5-7,10-11,15-16,18-20H,3-4,8-9,12-13H2,1-2H3;3H,1H2,2H3;1-2H3. The van der Waals surface area contributed by atoms with Crippen LogP contribution in [-0.4, -0.2) is 0 Å². The van der Waals surface area contributed by atoms with Crippen molar-refractivity contribution in [3.63, 3.8) is 0 Å². The molecule has 0 bridgehead atoms. The lowest BCUT2D eigenvalue weighted by atomic mass is 9.93. The van der Waals surface area contributed by atoms with Gasteiger partial charge in [0.2, 0.25) is 0 Å². The third kappa shape index (κ3) is 12.2. The second-order valence-electron chi connectivity index (χ2n) is 6.68. The van der Waals surface area contributed by atoms with Crippen LogP contribution in [0.5, 0.6) is 0 Å². The van der Waals surface area contributed by atoms with Gasteiger partial charge in [0, 0.05) is 11.1 Å². The zero-order valence-corrected chi connectivity index (χ0v) is 18.8. The number of hydrogen-bond acceptors (Lipinski definition) is 0. The maximum atomic E-state index is 3.36. The zero-order chi connectivity index (χ0) is 21.0. The van der Waals surface area contributed by atoms with E-state index in [-0.39, 0.29) is 0 Å². The van der Waals surface area contributed by atoms with E-state index in [1.165, 1.54) is 44.1 Å². The first-order valence-electron chi connectivity index (χ1n) is 11.0.